The van der Waals surface area contributed by atoms with Crippen LogP contribution < -0.4 is 11.1 Å². The van der Waals surface area contributed by atoms with Crippen molar-refractivity contribution >= 4 is 30.2 Å². The van der Waals surface area contributed by atoms with Gasteiger partial charge in [-0.2, -0.15) is 12.6 Å². The van der Waals surface area contributed by atoms with E-state index in [2.05, 4.69) is 17.9 Å². The lowest BCUT2D eigenvalue weighted by atomic mass is 9.87. The highest BCUT2D eigenvalue weighted by molar-refractivity contribution is 7.80. The maximum absolute atomic E-state index is 12.7. The number of nitrogen functional groups attached to an aromatic ring is 1. The molecule has 0 fully saturated rings. The molecule has 2 unspecified atom stereocenters. The summed E-state index contributed by atoms with van der Waals surface area (Å²) in [6.07, 6.45) is 0.122. The van der Waals surface area contributed by atoms with Gasteiger partial charge in [0.2, 0.25) is 5.91 Å². The molecule has 1 amide bonds. The average Bonchev–Trinajstić information content (AvgIpc) is 2.64. The molecule has 0 aliphatic heterocycles. The molecule has 2 aromatic carbocycles. The quantitative estimate of drug-likeness (QED) is 0.352. The van der Waals surface area contributed by atoms with Crippen molar-refractivity contribution in [2.45, 2.75) is 25.3 Å². The molecule has 0 spiro atoms. The van der Waals surface area contributed by atoms with E-state index in [9.17, 15) is 19.8 Å². The molecule has 0 aromatic heterocycles. The van der Waals surface area contributed by atoms with Crippen LogP contribution in [0, 0.1) is 5.92 Å². The fraction of sp³-hybridized carbons (Fsp3) is 0.300. The molecule has 0 aliphatic carbocycles. The second kappa shape index (κ2) is 9.32. The van der Waals surface area contributed by atoms with E-state index in [0.717, 1.165) is 5.56 Å². The van der Waals surface area contributed by atoms with Gasteiger partial charge in [-0.1, -0.05) is 31.2 Å². The number of phenols is 1. The summed E-state index contributed by atoms with van der Waals surface area (Å²) >= 11 is 4.29. The third-order valence-electron chi connectivity index (χ3n) is 4.59. The van der Waals surface area contributed by atoms with Gasteiger partial charge in [-0.25, -0.2) is 4.79 Å². The number of carboxylic acids is 1. The van der Waals surface area contributed by atoms with E-state index in [-0.39, 0.29) is 29.7 Å². The highest BCUT2D eigenvalue weighted by atomic mass is 32.1. The number of phenolic OH excluding ortho intramolecular Hbond substituents is 1. The van der Waals surface area contributed by atoms with E-state index < -0.39 is 17.9 Å². The van der Waals surface area contributed by atoms with Gasteiger partial charge in [0.15, 0.2) is 0 Å². The summed E-state index contributed by atoms with van der Waals surface area (Å²) in [5, 5.41) is 21.4. The number of aliphatic carboxylic acids is 1. The van der Waals surface area contributed by atoms with E-state index in [4.69, 9.17) is 5.73 Å². The standard InChI is InChI=1S/C20H24N2O4S/c1-12(14-4-6-15(21)7-5-14)17(11-27)19(24)22-18(20(25)26)10-13-2-8-16(23)9-3-13/h2-9,12,17-18,23,27H,10-11,21H2,1H3,(H,22,24)(H,25,26)/t12?,17?,18-/m0/s1. The number of nitrogens with two attached hydrogens (primary N) is 1. The van der Waals surface area contributed by atoms with Crippen molar-refractivity contribution in [3.05, 3.63) is 59.7 Å². The minimum atomic E-state index is -1.12. The highest BCUT2D eigenvalue weighted by Gasteiger charge is 2.29. The number of carbonyl (C=O) groups excluding carboxylic acids is 1. The summed E-state index contributed by atoms with van der Waals surface area (Å²) in [5.41, 5.74) is 7.98. The van der Waals surface area contributed by atoms with Gasteiger partial charge < -0.3 is 21.3 Å². The van der Waals surface area contributed by atoms with Gasteiger partial charge in [0.25, 0.3) is 0 Å². The Morgan fingerprint density at radius 2 is 1.70 bits per heavy atom. The molecule has 27 heavy (non-hydrogen) atoms. The molecule has 2 rings (SSSR count). The molecular formula is C20H24N2O4S. The number of rotatable bonds is 8. The Balaban J connectivity index is 2.10. The van der Waals surface area contributed by atoms with E-state index in [1.165, 1.54) is 12.1 Å². The first kappa shape index (κ1) is 20.6. The van der Waals surface area contributed by atoms with E-state index >= 15 is 0 Å². The lowest BCUT2D eigenvalue weighted by Gasteiger charge is -2.24. The minimum Gasteiger partial charge on any atom is -0.508 e. The molecule has 6 nitrogen and oxygen atoms in total. The average molecular weight is 388 g/mol. The number of amides is 1. The Hall–Kier alpha value is -2.67. The third-order valence-corrected chi connectivity index (χ3v) is 4.98. The van der Waals surface area contributed by atoms with Gasteiger partial charge in [-0.15, -0.1) is 0 Å². The fourth-order valence-electron chi connectivity index (χ4n) is 2.85. The lowest BCUT2D eigenvalue weighted by Crippen LogP contribution is -2.46. The monoisotopic (exact) mass is 388 g/mol. The Morgan fingerprint density at radius 3 is 2.22 bits per heavy atom. The largest absolute Gasteiger partial charge is 0.508 e. The summed E-state index contributed by atoms with van der Waals surface area (Å²) in [4.78, 5) is 24.3. The van der Waals surface area contributed by atoms with Gasteiger partial charge in [-0.05, 0) is 41.3 Å². The summed E-state index contributed by atoms with van der Waals surface area (Å²) in [7, 11) is 0. The Morgan fingerprint density at radius 1 is 1.11 bits per heavy atom. The molecule has 2 aromatic rings. The van der Waals surface area contributed by atoms with Crippen LogP contribution in [0.5, 0.6) is 5.75 Å². The predicted molar refractivity (Wildman–Crippen MR) is 108 cm³/mol. The number of hydrogen-bond donors (Lipinski definition) is 5. The van der Waals surface area contributed by atoms with Gasteiger partial charge >= 0.3 is 5.97 Å². The van der Waals surface area contributed by atoms with Crippen molar-refractivity contribution in [2.24, 2.45) is 5.92 Å². The van der Waals surface area contributed by atoms with Crippen LogP contribution in [0.1, 0.15) is 24.0 Å². The number of benzene rings is 2. The predicted octanol–water partition coefficient (Wildman–Crippen LogP) is 2.44. The second-order valence-corrected chi connectivity index (χ2v) is 6.88. The van der Waals surface area contributed by atoms with Gasteiger partial charge in [-0.3, -0.25) is 4.79 Å². The molecule has 0 radical (unpaired) electrons. The molecule has 0 heterocycles. The molecule has 5 N–H and O–H groups in total. The summed E-state index contributed by atoms with van der Waals surface area (Å²) in [6, 6.07) is 12.4. The van der Waals surface area contributed by atoms with Gasteiger partial charge in [0, 0.05) is 17.9 Å². The van der Waals surface area contributed by atoms with Crippen LogP contribution in [-0.4, -0.2) is 33.9 Å². The van der Waals surface area contributed by atoms with Crippen molar-refractivity contribution in [2.75, 3.05) is 11.5 Å². The molecular weight excluding hydrogens is 364 g/mol. The van der Waals surface area contributed by atoms with Crippen LogP contribution in [0.15, 0.2) is 48.5 Å². The number of anilines is 1. The van der Waals surface area contributed by atoms with E-state index in [1.54, 1.807) is 24.3 Å². The smallest absolute Gasteiger partial charge is 0.326 e. The number of carbonyl (C=O) groups is 2. The van der Waals surface area contributed by atoms with E-state index in [1.807, 2.05) is 19.1 Å². The zero-order valence-corrected chi connectivity index (χ0v) is 15.9. The van der Waals surface area contributed by atoms with Crippen LogP contribution >= 0.6 is 12.6 Å². The van der Waals surface area contributed by atoms with Crippen molar-refractivity contribution in [3.63, 3.8) is 0 Å². The highest BCUT2D eigenvalue weighted by Crippen LogP contribution is 2.26. The maximum atomic E-state index is 12.7. The summed E-state index contributed by atoms with van der Waals surface area (Å²) in [6.45, 7) is 1.90. The van der Waals surface area contributed by atoms with Crippen LogP contribution in [0.2, 0.25) is 0 Å². The van der Waals surface area contributed by atoms with Crippen LogP contribution in [0.3, 0.4) is 0 Å². The second-order valence-electron chi connectivity index (χ2n) is 6.51. The number of hydrogen-bond acceptors (Lipinski definition) is 5. The van der Waals surface area contributed by atoms with Crippen molar-refractivity contribution < 1.29 is 19.8 Å². The zero-order chi connectivity index (χ0) is 20.0. The Bertz CT molecular complexity index is 778. The first-order valence-electron chi connectivity index (χ1n) is 8.59. The van der Waals surface area contributed by atoms with Gasteiger partial charge in [0.05, 0.1) is 5.92 Å². The number of aromatic hydroxyl groups is 1. The number of carboxylic acid groups (broad SMARTS) is 1. The SMILES string of the molecule is CC(c1ccc(N)cc1)C(CS)C(=O)N[C@@H](Cc1ccc(O)cc1)C(=O)O. The topological polar surface area (TPSA) is 113 Å². The van der Waals surface area contributed by atoms with Crippen molar-refractivity contribution in [1.82, 2.24) is 5.32 Å². The molecule has 7 heteroatoms. The van der Waals surface area contributed by atoms with Crippen molar-refractivity contribution in [3.8, 4) is 5.75 Å². The Kier molecular flexibility index (Phi) is 7.12. The minimum absolute atomic E-state index is 0.0992. The van der Waals surface area contributed by atoms with Crippen LogP contribution in [-0.2, 0) is 16.0 Å². The first-order chi connectivity index (χ1) is 12.8. The Labute approximate surface area is 163 Å². The summed E-state index contributed by atoms with van der Waals surface area (Å²) in [5.74, 6) is -1.73. The number of nitrogens with one attached hydrogen (secondary N) is 1. The molecule has 0 saturated carbocycles. The zero-order valence-electron chi connectivity index (χ0n) is 15.0. The van der Waals surface area contributed by atoms with Crippen LogP contribution in [0.25, 0.3) is 0 Å². The van der Waals surface area contributed by atoms with E-state index in [0.29, 0.717) is 11.3 Å². The lowest BCUT2D eigenvalue weighted by molar-refractivity contribution is -0.142. The van der Waals surface area contributed by atoms with Crippen LogP contribution in [0.4, 0.5) is 5.69 Å². The molecule has 0 bridgehead atoms. The number of thiol groups is 1. The third kappa shape index (κ3) is 5.65. The fourth-order valence-corrected chi connectivity index (χ4v) is 3.33. The van der Waals surface area contributed by atoms with Crippen molar-refractivity contribution in [1.29, 1.82) is 0 Å². The maximum Gasteiger partial charge on any atom is 0.326 e. The molecule has 144 valence electrons. The first-order valence-corrected chi connectivity index (χ1v) is 9.22. The van der Waals surface area contributed by atoms with Gasteiger partial charge in [0.1, 0.15) is 11.8 Å². The molecule has 0 saturated heterocycles. The molecule has 0 aliphatic rings. The molecule has 3 atom stereocenters. The normalized spacial score (nSPS) is 14.1. The summed E-state index contributed by atoms with van der Waals surface area (Å²) < 4.78 is 0.